The molecule has 12 heavy (non-hydrogen) atoms. The van der Waals surface area contributed by atoms with Gasteiger partial charge in [-0.05, 0) is 12.8 Å². The zero-order chi connectivity index (χ0) is 8.97. The van der Waals surface area contributed by atoms with Crippen LogP contribution >= 0.6 is 11.6 Å². The van der Waals surface area contributed by atoms with Crippen molar-refractivity contribution in [2.24, 2.45) is 5.92 Å². The number of ketones is 1. The molecule has 1 unspecified atom stereocenters. The van der Waals surface area contributed by atoms with Crippen molar-refractivity contribution >= 4 is 23.4 Å². The number of esters is 1. The lowest BCUT2D eigenvalue weighted by atomic mass is 10.1. The number of hydrogen-bond acceptors (Lipinski definition) is 3. The van der Waals surface area contributed by atoms with Crippen molar-refractivity contribution < 1.29 is 14.3 Å². The third-order valence-corrected chi connectivity index (χ3v) is 2.06. The van der Waals surface area contributed by atoms with Gasteiger partial charge < -0.3 is 4.74 Å². The Hall–Kier alpha value is -0.570. The van der Waals surface area contributed by atoms with Crippen molar-refractivity contribution in [3.8, 4) is 0 Å². The summed E-state index contributed by atoms with van der Waals surface area (Å²) in [6.45, 7) is 0.199. The highest BCUT2D eigenvalue weighted by molar-refractivity contribution is 6.18. The number of hydrogen-bond donors (Lipinski definition) is 0. The third-order valence-electron chi connectivity index (χ3n) is 1.91. The minimum atomic E-state index is -0.506. The van der Waals surface area contributed by atoms with Gasteiger partial charge in [-0.25, -0.2) is 0 Å². The van der Waals surface area contributed by atoms with Crippen molar-refractivity contribution in [1.29, 1.82) is 0 Å². The fraction of sp³-hybridized carbons (Fsp3) is 0.750. The Labute approximate surface area is 76.0 Å². The van der Waals surface area contributed by atoms with Gasteiger partial charge in [-0.1, -0.05) is 0 Å². The molecular weight excluding hydrogens is 180 g/mol. The Kier molecular flexibility index (Phi) is 3.53. The van der Waals surface area contributed by atoms with Crippen molar-refractivity contribution in [1.82, 2.24) is 0 Å². The molecule has 0 aliphatic heterocycles. The maximum Gasteiger partial charge on any atom is 0.316 e. The molecular formula is C8H11ClO3. The summed E-state index contributed by atoms with van der Waals surface area (Å²) in [5.74, 6) is -0.618. The van der Waals surface area contributed by atoms with Crippen LogP contribution in [0.25, 0.3) is 0 Å². The molecule has 0 N–H and O–H groups in total. The standard InChI is InChI=1S/C8H11ClO3/c9-4-5-12-8(11)6-2-1-3-7(6)10/h6H,1-5H2. The van der Waals surface area contributed by atoms with Crippen molar-refractivity contribution in [2.75, 3.05) is 12.5 Å². The van der Waals surface area contributed by atoms with Crippen molar-refractivity contribution in [3.63, 3.8) is 0 Å². The number of rotatable bonds is 3. The molecule has 0 aromatic rings. The summed E-state index contributed by atoms with van der Waals surface area (Å²) in [6.07, 6.45) is 1.96. The number of carbonyl (C=O) groups excluding carboxylic acids is 2. The van der Waals surface area contributed by atoms with Crippen LogP contribution in [0.3, 0.4) is 0 Å². The van der Waals surface area contributed by atoms with E-state index in [4.69, 9.17) is 16.3 Å². The molecule has 3 nitrogen and oxygen atoms in total. The Bertz CT molecular complexity index is 191. The first-order valence-electron chi connectivity index (χ1n) is 4.01. The first kappa shape index (κ1) is 9.52. The predicted molar refractivity (Wildman–Crippen MR) is 44.0 cm³/mol. The van der Waals surface area contributed by atoms with E-state index >= 15 is 0 Å². The lowest BCUT2D eigenvalue weighted by Gasteiger charge is -2.06. The van der Waals surface area contributed by atoms with Gasteiger partial charge in [0, 0.05) is 6.42 Å². The van der Waals surface area contributed by atoms with E-state index in [9.17, 15) is 9.59 Å². The Balaban J connectivity index is 2.36. The van der Waals surface area contributed by atoms with E-state index in [0.717, 1.165) is 6.42 Å². The van der Waals surface area contributed by atoms with E-state index in [2.05, 4.69) is 0 Å². The third kappa shape index (κ3) is 2.21. The summed E-state index contributed by atoms with van der Waals surface area (Å²) in [4.78, 5) is 22.2. The predicted octanol–water partition coefficient (Wildman–Crippen LogP) is 1.14. The van der Waals surface area contributed by atoms with E-state index in [1.165, 1.54) is 0 Å². The fourth-order valence-corrected chi connectivity index (χ4v) is 1.38. The summed E-state index contributed by atoms with van der Waals surface area (Å²) >= 11 is 5.33. The molecule has 0 aromatic heterocycles. The molecule has 0 aromatic carbocycles. The van der Waals surface area contributed by atoms with Gasteiger partial charge in [0.1, 0.15) is 18.3 Å². The molecule has 0 heterocycles. The number of ether oxygens (including phenoxy) is 1. The first-order chi connectivity index (χ1) is 5.75. The smallest absolute Gasteiger partial charge is 0.316 e. The highest BCUT2D eigenvalue weighted by Crippen LogP contribution is 2.22. The molecule has 0 bridgehead atoms. The summed E-state index contributed by atoms with van der Waals surface area (Å²) in [5.41, 5.74) is 0. The van der Waals surface area contributed by atoms with Crippen LogP contribution in [0.1, 0.15) is 19.3 Å². The van der Waals surface area contributed by atoms with E-state index in [-0.39, 0.29) is 18.3 Å². The number of Topliss-reactive ketones (excluding diaryl/α,β-unsaturated/α-hetero) is 1. The Morgan fingerprint density at radius 3 is 2.92 bits per heavy atom. The van der Waals surface area contributed by atoms with E-state index < -0.39 is 11.9 Å². The van der Waals surface area contributed by atoms with Gasteiger partial charge in [0.25, 0.3) is 0 Å². The second kappa shape index (κ2) is 4.45. The maximum atomic E-state index is 11.1. The summed E-state index contributed by atoms with van der Waals surface area (Å²) < 4.78 is 4.75. The fourth-order valence-electron chi connectivity index (χ4n) is 1.30. The van der Waals surface area contributed by atoms with Crippen LogP contribution in [0, 0.1) is 5.92 Å². The van der Waals surface area contributed by atoms with E-state index in [0.29, 0.717) is 12.8 Å². The van der Waals surface area contributed by atoms with Crippen LogP contribution in [0.15, 0.2) is 0 Å². The average Bonchev–Trinajstić information content (AvgIpc) is 2.47. The Morgan fingerprint density at radius 2 is 2.42 bits per heavy atom. The van der Waals surface area contributed by atoms with Crippen LogP contribution in [0.4, 0.5) is 0 Å². The molecule has 1 aliphatic carbocycles. The van der Waals surface area contributed by atoms with Gasteiger partial charge in [0.05, 0.1) is 5.88 Å². The van der Waals surface area contributed by atoms with Gasteiger partial charge in [-0.3, -0.25) is 9.59 Å². The van der Waals surface area contributed by atoms with Crippen LogP contribution in [-0.2, 0) is 14.3 Å². The molecule has 1 saturated carbocycles. The normalized spacial score (nSPS) is 22.8. The number of halogens is 1. The van der Waals surface area contributed by atoms with Gasteiger partial charge in [-0.2, -0.15) is 0 Å². The zero-order valence-electron chi connectivity index (χ0n) is 6.72. The van der Waals surface area contributed by atoms with E-state index in [1.54, 1.807) is 0 Å². The molecule has 4 heteroatoms. The molecule has 1 atom stereocenters. The first-order valence-corrected chi connectivity index (χ1v) is 4.54. The maximum absolute atomic E-state index is 11.1. The van der Waals surface area contributed by atoms with Gasteiger partial charge in [0.15, 0.2) is 0 Å². The monoisotopic (exact) mass is 190 g/mol. The van der Waals surface area contributed by atoms with Crippen molar-refractivity contribution in [2.45, 2.75) is 19.3 Å². The van der Waals surface area contributed by atoms with Crippen LogP contribution in [0.5, 0.6) is 0 Å². The largest absolute Gasteiger partial charge is 0.464 e. The molecule has 0 radical (unpaired) electrons. The van der Waals surface area contributed by atoms with Gasteiger partial charge in [0.2, 0.25) is 0 Å². The van der Waals surface area contributed by atoms with Crippen molar-refractivity contribution in [3.05, 3.63) is 0 Å². The quantitative estimate of drug-likeness (QED) is 0.381. The number of carbonyl (C=O) groups is 2. The highest BCUT2D eigenvalue weighted by atomic mass is 35.5. The zero-order valence-corrected chi connectivity index (χ0v) is 7.47. The number of alkyl halides is 1. The summed E-state index contributed by atoms with van der Waals surface area (Å²) in [6, 6.07) is 0. The van der Waals surface area contributed by atoms with Gasteiger partial charge in [-0.15, -0.1) is 11.6 Å². The second-order valence-corrected chi connectivity index (χ2v) is 3.15. The molecule has 1 rings (SSSR count). The van der Waals surface area contributed by atoms with Gasteiger partial charge >= 0.3 is 5.97 Å². The molecule has 0 spiro atoms. The molecule has 0 saturated heterocycles. The molecule has 68 valence electrons. The summed E-state index contributed by atoms with van der Waals surface area (Å²) in [5, 5.41) is 0. The van der Waals surface area contributed by atoms with Crippen LogP contribution in [0.2, 0.25) is 0 Å². The lowest BCUT2D eigenvalue weighted by Crippen LogP contribution is -2.21. The van der Waals surface area contributed by atoms with E-state index in [1.807, 2.05) is 0 Å². The SMILES string of the molecule is O=C1CCCC1C(=O)OCCCl. The highest BCUT2D eigenvalue weighted by Gasteiger charge is 2.31. The second-order valence-electron chi connectivity index (χ2n) is 2.77. The lowest BCUT2D eigenvalue weighted by molar-refractivity contribution is -0.150. The van der Waals surface area contributed by atoms with Crippen LogP contribution < -0.4 is 0 Å². The summed E-state index contributed by atoms with van der Waals surface area (Å²) in [7, 11) is 0. The van der Waals surface area contributed by atoms with Crippen LogP contribution in [-0.4, -0.2) is 24.2 Å². The minimum absolute atomic E-state index is 0.00886. The molecule has 1 fully saturated rings. The Morgan fingerprint density at radius 1 is 1.67 bits per heavy atom. The topological polar surface area (TPSA) is 43.4 Å². The average molecular weight is 191 g/mol. The molecule has 0 amide bonds. The molecule has 1 aliphatic rings. The minimum Gasteiger partial charge on any atom is -0.464 e.